The third kappa shape index (κ3) is 5.17. The number of rotatable bonds is 4. The Hall–Kier alpha value is -2.12. The molecule has 0 fully saturated rings. The Kier molecular flexibility index (Phi) is 5.39. The van der Waals surface area contributed by atoms with E-state index in [1.807, 2.05) is 20.8 Å². The van der Waals surface area contributed by atoms with Crippen LogP contribution in [0.4, 0.5) is 10.1 Å². The summed E-state index contributed by atoms with van der Waals surface area (Å²) < 4.78 is 40.6. The first kappa shape index (κ1) is 19.2. The average Bonchev–Trinajstić information content (AvgIpc) is 2.45. The fraction of sp³-hybridized carbons (Fsp3) is 0.235. The van der Waals surface area contributed by atoms with Crippen LogP contribution in [0, 0.1) is 5.82 Å². The van der Waals surface area contributed by atoms with E-state index in [-0.39, 0.29) is 22.2 Å². The number of hydrogen-bond donors (Lipinski definition) is 2. The minimum Gasteiger partial charge on any atom is -0.347 e. The zero-order valence-electron chi connectivity index (χ0n) is 13.9. The van der Waals surface area contributed by atoms with Crippen molar-refractivity contribution in [1.82, 2.24) is 5.32 Å². The number of halogens is 2. The molecule has 0 saturated carbocycles. The van der Waals surface area contributed by atoms with Crippen molar-refractivity contribution in [1.29, 1.82) is 0 Å². The Morgan fingerprint density at radius 3 is 2.20 bits per heavy atom. The quantitative estimate of drug-likeness (QED) is 0.841. The second-order valence-electron chi connectivity index (χ2n) is 6.46. The molecule has 2 aromatic carbocycles. The Labute approximate surface area is 151 Å². The van der Waals surface area contributed by atoms with Crippen LogP contribution in [0.1, 0.15) is 31.1 Å². The number of hydrogen-bond acceptors (Lipinski definition) is 3. The SMILES string of the molecule is CC(C)(C)NC(=O)c1ccc(NS(=O)(=O)c2ccc(Cl)cc2F)cc1. The Morgan fingerprint density at radius 1 is 1.08 bits per heavy atom. The zero-order chi connectivity index (χ0) is 18.8. The third-order valence-corrected chi connectivity index (χ3v) is 4.72. The van der Waals surface area contributed by atoms with Gasteiger partial charge in [0.15, 0.2) is 0 Å². The van der Waals surface area contributed by atoms with Crippen molar-refractivity contribution in [3.63, 3.8) is 0 Å². The van der Waals surface area contributed by atoms with Crippen molar-refractivity contribution < 1.29 is 17.6 Å². The van der Waals surface area contributed by atoms with Crippen LogP contribution < -0.4 is 10.0 Å². The maximum atomic E-state index is 13.8. The maximum absolute atomic E-state index is 13.8. The summed E-state index contributed by atoms with van der Waals surface area (Å²) in [5.41, 5.74) is 0.209. The summed E-state index contributed by atoms with van der Waals surface area (Å²) in [6, 6.07) is 9.14. The van der Waals surface area contributed by atoms with Gasteiger partial charge in [-0.25, -0.2) is 12.8 Å². The number of carbonyl (C=O) groups excluding carboxylic acids is 1. The van der Waals surface area contributed by atoms with E-state index in [4.69, 9.17) is 11.6 Å². The standard InChI is InChI=1S/C17H18ClFN2O3S/c1-17(2,3)20-16(22)11-4-7-13(8-5-11)21-25(23,24)15-9-6-12(18)10-14(15)19/h4-10,21H,1-3H3,(H,20,22). The number of amides is 1. The normalized spacial score (nSPS) is 11.9. The summed E-state index contributed by atoms with van der Waals surface area (Å²) in [7, 11) is -4.11. The molecule has 0 saturated heterocycles. The molecule has 0 radical (unpaired) electrons. The molecule has 5 nitrogen and oxygen atoms in total. The monoisotopic (exact) mass is 384 g/mol. The molecular formula is C17H18ClFN2O3S. The summed E-state index contributed by atoms with van der Waals surface area (Å²) in [4.78, 5) is 11.5. The third-order valence-electron chi connectivity index (χ3n) is 3.07. The van der Waals surface area contributed by atoms with Crippen LogP contribution in [0.5, 0.6) is 0 Å². The number of benzene rings is 2. The van der Waals surface area contributed by atoms with E-state index < -0.39 is 20.7 Å². The molecule has 0 aliphatic heterocycles. The van der Waals surface area contributed by atoms with Crippen molar-refractivity contribution in [3.05, 3.63) is 58.9 Å². The van der Waals surface area contributed by atoms with Gasteiger partial charge in [-0.2, -0.15) is 0 Å². The maximum Gasteiger partial charge on any atom is 0.264 e. The molecule has 0 bridgehead atoms. The lowest BCUT2D eigenvalue weighted by Crippen LogP contribution is -2.40. The first-order valence-corrected chi connectivity index (χ1v) is 9.24. The molecule has 0 aliphatic rings. The van der Waals surface area contributed by atoms with Gasteiger partial charge in [-0.05, 0) is 63.2 Å². The van der Waals surface area contributed by atoms with Gasteiger partial charge in [0, 0.05) is 21.8 Å². The van der Waals surface area contributed by atoms with Gasteiger partial charge in [0.1, 0.15) is 10.7 Å². The van der Waals surface area contributed by atoms with Crippen LogP contribution in [0.15, 0.2) is 47.4 Å². The van der Waals surface area contributed by atoms with E-state index in [9.17, 15) is 17.6 Å². The van der Waals surface area contributed by atoms with E-state index in [0.29, 0.717) is 5.56 Å². The van der Waals surface area contributed by atoms with Crippen LogP contribution in [0.3, 0.4) is 0 Å². The van der Waals surface area contributed by atoms with Crippen molar-refractivity contribution >= 4 is 33.2 Å². The van der Waals surface area contributed by atoms with Gasteiger partial charge in [0.25, 0.3) is 15.9 Å². The van der Waals surface area contributed by atoms with Gasteiger partial charge in [-0.15, -0.1) is 0 Å². The van der Waals surface area contributed by atoms with Crippen molar-refractivity contribution in [2.45, 2.75) is 31.2 Å². The van der Waals surface area contributed by atoms with Gasteiger partial charge in [0.05, 0.1) is 0 Å². The molecule has 0 heterocycles. The van der Waals surface area contributed by atoms with E-state index in [0.717, 1.165) is 12.1 Å². The largest absolute Gasteiger partial charge is 0.347 e. The van der Waals surface area contributed by atoms with Gasteiger partial charge < -0.3 is 5.32 Å². The molecule has 0 aliphatic carbocycles. The molecule has 0 aromatic heterocycles. The molecule has 0 unspecified atom stereocenters. The van der Waals surface area contributed by atoms with Crippen LogP contribution in [0.2, 0.25) is 5.02 Å². The molecule has 8 heteroatoms. The van der Waals surface area contributed by atoms with Crippen LogP contribution in [-0.2, 0) is 10.0 Å². The molecule has 0 spiro atoms. The Bertz CT molecular complexity index is 891. The second kappa shape index (κ2) is 7.01. The highest BCUT2D eigenvalue weighted by Crippen LogP contribution is 2.22. The fourth-order valence-corrected chi connectivity index (χ4v) is 3.28. The molecule has 134 valence electrons. The highest BCUT2D eigenvalue weighted by atomic mass is 35.5. The van der Waals surface area contributed by atoms with Crippen molar-refractivity contribution in [2.75, 3.05) is 4.72 Å². The predicted molar refractivity (Wildman–Crippen MR) is 95.9 cm³/mol. The van der Waals surface area contributed by atoms with Crippen LogP contribution in [-0.4, -0.2) is 19.9 Å². The Morgan fingerprint density at radius 2 is 1.68 bits per heavy atom. The number of carbonyl (C=O) groups is 1. The molecule has 25 heavy (non-hydrogen) atoms. The summed E-state index contributed by atoms with van der Waals surface area (Å²) in [6.07, 6.45) is 0. The Balaban J connectivity index is 2.19. The molecular weight excluding hydrogens is 367 g/mol. The van der Waals surface area contributed by atoms with Gasteiger partial charge in [0.2, 0.25) is 0 Å². The second-order valence-corrected chi connectivity index (χ2v) is 8.55. The zero-order valence-corrected chi connectivity index (χ0v) is 15.5. The summed E-state index contributed by atoms with van der Waals surface area (Å²) in [6.45, 7) is 5.57. The fourth-order valence-electron chi connectivity index (χ4n) is 2.01. The van der Waals surface area contributed by atoms with E-state index >= 15 is 0 Å². The minimum atomic E-state index is -4.11. The highest BCUT2D eigenvalue weighted by molar-refractivity contribution is 7.92. The average molecular weight is 385 g/mol. The van der Waals surface area contributed by atoms with E-state index in [2.05, 4.69) is 10.0 Å². The van der Waals surface area contributed by atoms with E-state index in [1.54, 1.807) is 0 Å². The van der Waals surface area contributed by atoms with Gasteiger partial charge in [-0.1, -0.05) is 11.6 Å². The lowest BCUT2D eigenvalue weighted by molar-refractivity contribution is 0.0919. The predicted octanol–water partition coefficient (Wildman–Crippen LogP) is 3.81. The van der Waals surface area contributed by atoms with Crippen molar-refractivity contribution in [2.24, 2.45) is 0 Å². The molecule has 2 N–H and O–H groups in total. The highest BCUT2D eigenvalue weighted by Gasteiger charge is 2.20. The number of nitrogens with one attached hydrogen (secondary N) is 2. The molecule has 1 amide bonds. The minimum absolute atomic E-state index is 0.102. The number of anilines is 1. The lowest BCUT2D eigenvalue weighted by atomic mass is 10.1. The molecule has 0 atom stereocenters. The molecule has 2 rings (SSSR count). The summed E-state index contributed by atoms with van der Waals surface area (Å²) in [5.74, 6) is -1.22. The molecule has 2 aromatic rings. The van der Waals surface area contributed by atoms with Gasteiger partial charge in [-0.3, -0.25) is 9.52 Å². The smallest absolute Gasteiger partial charge is 0.264 e. The van der Waals surface area contributed by atoms with Crippen molar-refractivity contribution in [3.8, 4) is 0 Å². The van der Waals surface area contributed by atoms with Crippen LogP contribution >= 0.6 is 11.6 Å². The first-order chi connectivity index (χ1) is 11.5. The lowest BCUT2D eigenvalue weighted by Gasteiger charge is -2.20. The summed E-state index contributed by atoms with van der Waals surface area (Å²) >= 11 is 5.63. The van der Waals surface area contributed by atoms with E-state index in [1.165, 1.54) is 30.3 Å². The summed E-state index contributed by atoms with van der Waals surface area (Å²) in [5, 5.41) is 2.90. The number of sulfonamides is 1. The topological polar surface area (TPSA) is 75.3 Å². The van der Waals surface area contributed by atoms with Crippen LogP contribution in [0.25, 0.3) is 0 Å². The first-order valence-electron chi connectivity index (χ1n) is 7.38. The van der Waals surface area contributed by atoms with Gasteiger partial charge >= 0.3 is 0 Å².